The van der Waals surface area contributed by atoms with Crippen LogP contribution in [0.25, 0.3) is 0 Å². The molecule has 2 aliphatic heterocycles. The number of alkyl halides is 6. The molecule has 2 heterocycles. The normalized spacial score (nSPS) is 17.3. The summed E-state index contributed by atoms with van der Waals surface area (Å²) >= 11 is 0. The minimum Gasteiger partial charge on any atom is -0.454 e. The Hall–Kier alpha value is -2.82. The van der Waals surface area contributed by atoms with Crippen molar-refractivity contribution in [2.24, 2.45) is 0 Å². The van der Waals surface area contributed by atoms with Gasteiger partial charge in [0, 0.05) is 11.1 Å². The predicted octanol–water partition coefficient (Wildman–Crippen LogP) is 4.64. The van der Waals surface area contributed by atoms with Gasteiger partial charge in [-0.3, -0.25) is 0 Å². The molecule has 0 aromatic heterocycles. The maximum absolute atomic E-state index is 14.3. The van der Waals surface area contributed by atoms with Crippen molar-refractivity contribution in [2.45, 2.75) is 24.6 Å². The molecule has 29 heavy (non-hydrogen) atoms. The smallest absolute Gasteiger partial charge is 0.328 e. The molecule has 0 unspecified atom stereocenters. The Morgan fingerprint density at radius 2 is 1.03 bits per heavy atom. The summed E-state index contributed by atoms with van der Waals surface area (Å²) in [6.07, 6.45) is -7.39. The summed E-state index contributed by atoms with van der Waals surface area (Å²) in [6, 6.07) is 5.31. The van der Waals surface area contributed by atoms with Gasteiger partial charge in [0.05, 0.1) is 0 Å². The minimum atomic E-state index is -4.43. The van der Waals surface area contributed by atoms with Gasteiger partial charge in [-0.1, -0.05) is 0 Å². The van der Waals surface area contributed by atoms with Crippen molar-refractivity contribution in [3.8, 4) is 23.0 Å². The lowest BCUT2D eigenvalue weighted by atomic mass is 10.1. The summed E-state index contributed by atoms with van der Waals surface area (Å²) in [5.41, 5.74) is -1.90. The summed E-state index contributed by atoms with van der Waals surface area (Å²) in [5.74, 6) is -8.74. The van der Waals surface area contributed by atoms with Crippen molar-refractivity contribution in [1.29, 1.82) is 0 Å². The molecule has 0 fully saturated rings. The third-order valence-corrected chi connectivity index (χ3v) is 4.32. The summed E-state index contributed by atoms with van der Waals surface area (Å²) in [5, 5.41) is 0. The highest BCUT2D eigenvalue weighted by molar-refractivity contribution is 5.46. The molecule has 2 aromatic carbocycles. The number of hydrogen-bond donors (Lipinski definition) is 0. The fraction of sp³-hybridized carbons (Fsp3) is 0.333. The number of halogens is 6. The molecule has 11 heteroatoms. The molecule has 4 rings (SSSR count). The van der Waals surface area contributed by atoms with E-state index >= 15 is 0 Å². The fourth-order valence-corrected chi connectivity index (χ4v) is 2.75. The van der Waals surface area contributed by atoms with Crippen molar-refractivity contribution in [2.75, 3.05) is 13.6 Å². The van der Waals surface area contributed by atoms with E-state index < -0.39 is 35.7 Å². The van der Waals surface area contributed by atoms with E-state index in [1.54, 1.807) is 0 Å². The molecule has 0 bridgehead atoms. The topological polar surface area (TPSA) is 46.2 Å². The number of fused-ring (bicyclic) bond motifs is 2. The van der Waals surface area contributed by atoms with Crippen LogP contribution < -0.4 is 18.9 Å². The summed E-state index contributed by atoms with van der Waals surface area (Å²) in [6.45, 7) is -0.428. The SMILES string of the molecule is F[C@@H](O[C@H](F)C(F)(F)c1ccc2c(c1)OCO2)C(F)(F)c1ccc2c(c1)OCO2. The zero-order valence-electron chi connectivity index (χ0n) is 14.3. The van der Waals surface area contributed by atoms with Crippen LogP contribution in [0.3, 0.4) is 0 Å². The average molecular weight is 422 g/mol. The highest BCUT2D eigenvalue weighted by Crippen LogP contribution is 2.44. The molecule has 0 N–H and O–H groups in total. The molecule has 2 aromatic rings. The molecule has 0 amide bonds. The van der Waals surface area contributed by atoms with Gasteiger partial charge in [0.15, 0.2) is 23.0 Å². The average Bonchev–Trinajstić information content (AvgIpc) is 3.35. The second-order valence-electron chi connectivity index (χ2n) is 6.15. The quantitative estimate of drug-likeness (QED) is 0.635. The van der Waals surface area contributed by atoms with Gasteiger partial charge in [0.2, 0.25) is 13.6 Å². The first kappa shape index (κ1) is 19.5. The Labute approximate surface area is 159 Å². The molecule has 2 aliphatic rings. The van der Waals surface area contributed by atoms with Crippen LogP contribution in [-0.4, -0.2) is 26.3 Å². The zero-order chi connectivity index (χ0) is 20.8. The Morgan fingerprint density at radius 3 is 1.45 bits per heavy atom. The number of hydrogen-bond acceptors (Lipinski definition) is 5. The molecule has 2 atom stereocenters. The third kappa shape index (κ3) is 3.39. The van der Waals surface area contributed by atoms with Gasteiger partial charge in [-0.25, -0.2) is 8.78 Å². The maximum atomic E-state index is 14.3. The first-order valence-electron chi connectivity index (χ1n) is 8.19. The van der Waals surface area contributed by atoms with E-state index in [2.05, 4.69) is 4.74 Å². The van der Waals surface area contributed by atoms with Crippen LogP contribution in [0.1, 0.15) is 11.1 Å². The lowest BCUT2D eigenvalue weighted by Gasteiger charge is -2.26. The second kappa shape index (κ2) is 6.90. The van der Waals surface area contributed by atoms with Crippen molar-refractivity contribution in [3.05, 3.63) is 47.5 Å². The first-order chi connectivity index (χ1) is 13.7. The highest BCUT2D eigenvalue weighted by Gasteiger charge is 2.51. The molecule has 0 spiro atoms. The Morgan fingerprint density at radius 1 is 0.655 bits per heavy atom. The van der Waals surface area contributed by atoms with Crippen LogP contribution in [-0.2, 0) is 16.6 Å². The summed E-state index contributed by atoms with van der Waals surface area (Å²) in [4.78, 5) is 0. The van der Waals surface area contributed by atoms with E-state index in [-0.39, 0.29) is 36.6 Å². The van der Waals surface area contributed by atoms with E-state index in [1.165, 1.54) is 0 Å². The standard InChI is InChI=1S/C18H12F6O5/c19-15(17(21,22)9-1-3-11-13(5-9)27-7-25-11)29-16(20)18(23,24)10-2-4-12-14(6-10)28-8-26-12/h1-6,15-16H,7-8H2/t15-,16-/m0/s1. The highest BCUT2D eigenvalue weighted by atomic mass is 19.3. The van der Waals surface area contributed by atoms with Gasteiger partial charge in [0.1, 0.15) is 0 Å². The monoisotopic (exact) mass is 422 g/mol. The largest absolute Gasteiger partial charge is 0.454 e. The van der Waals surface area contributed by atoms with Crippen molar-refractivity contribution < 1.29 is 50.0 Å². The van der Waals surface area contributed by atoms with Gasteiger partial charge in [0.25, 0.3) is 12.7 Å². The van der Waals surface area contributed by atoms with Gasteiger partial charge < -0.3 is 23.7 Å². The lowest BCUT2D eigenvalue weighted by molar-refractivity contribution is -0.295. The Balaban J connectivity index is 1.51. The van der Waals surface area contributed by atoms with Gasteiger partial charge in [-0.2, -0.15) is 17.6 Å². The molecule has 0 saturated heterocycles. The molecule has 5 nitrogen and oxygen atoms in total. The zero-order valence-corrected chi connectivity index (χ0v) is 14.3. The molecular formula is C18H12F6O5. The summed E-state index contributed by atoms with van der Waals surface area (Å²) in [7, 11) is 0. The van der Waals surface area contributed by atoms with Crippen LogP contribution in [0, 0.1) is 0 Å². The van der Waals surface area contributed by atoms with E-state index in [4.69, 9.17) is 18.9 Å². The van der Waals surface area contributed by atoms with Gasteiger partial charge in [-0.15, -0.1) is 0 Å². The minimum absolute atomic E-state index is 0.0862. The van der Waals surface area contributed by atoms with Crippen LogP contribution in [0.4, 0.5) is 26.3 Å². The molecule has 156 valence electrons. The number of ether oxygens (including phenoxy) is 5. The maximum Gasteiger partial charge on any atom is 0.328 e. The molecular weight excluding hydrogens is 410 g/mol. The summed E-state index contributed by atoms with van der Waals surface area (Å²) < 4.78 is 109. The van der Waals surface area contributed by atoms with E-state index in [0.29, 0.717) is 0 Å². The molecule has 0 radical (unpaired) electrons. The third-order valence-electron chi connectivity index (χ3n) is 4.32. The van der Waals surface area contributed by atoms with Crippen LogP contribution in [0.15, 0.2) is 36.4 Å². The van der Waals surface area contributed by atoms with Gasteiger partial charge >= 0.3 is 11.8 Å². The van der Waals surface area contributed by atoms with E-state index in [1.807, 2.05) is 0 Å². The van der Waals surface area contributed by atoms with E-state index in [9.17, 15) is 26.3 Å². The number of rotatable bonds is 6. The van der Waals surface area contributed by atoms with Crippen LogP contribution >= 0.6 is 0 Å². The van der Waals surface area contributed by atoms with Gasteiger partial charge in [-0.05, 0) is 36.4 Å². The number of benzene rings is 2. The predicted molar refractivity (Wildman–Crippen MR) is 83.8 cm³/mol. The fourth-order valence-electron chi connectivity index (χ4n) is 2.75. The Kier molecular flexibility index (Phi) is 4.64. The molecule has 0 aliphatic carbocycles. The molecule has 0 saturated carbocycles. The van der Waals surface area contributed by atoms with Crippen molar-refractivity contribution >= 4 is 0 Å². The van der Waals surface area contributed by atoms with Crippen molar-refractivity contribution in [3.63, 3.8) is 0 Å². The van der Waals surface area contributed by atoms with Crippen molar-refractivity contribution in [1.82, 2.24) is 0 Å². The lowest BCUT2D eigenvalue weighted by Crippen LogP contribution is -2.38. The second-order valence-corrected chi connectivity index (χ2v) is 6.15. The Bertz CT molecular complexity index is 848. The van der Waals surface area contributed by atoms with E-state index in [0.717, 1.165) is 36.4 Å². The first-order valence-corrected chi connectivity index (χ1v) is 8.19. The van der Waals surface area contributed by atoms with Crippen LogP contribution in [0.2, 0.25) is 0 Å². The van der Waals surface area contributed by atoms with Crippen LogP contribution in [0.5, 0.6) is 23.0 Å².